The summed E-state index contributed by atoms with van der Waals surface area (Å²) < 4.78 is 17.3. The summed E-state index contributed by atoms with van der Waals surface area (Å²) in [5.74, 6) is 0.349. The number of fused-ring (bicyclic) bond motifs is 2. The predicted octanol–water partition coefficient (Wildman–Crippen LogP) is 5.53. The zero-order chi connectivity index (χ0) is 26.6. The predicted molar refractivity (Wildman–Crippen MR) is 142 cm³/mol. The summed E-state index contributed by atoms with van der Waals surface area (Å²) in [5, 5.41) is 0.715. The molecule has 0 saturated heterocycles. The number of aryl methyl sites for hydroxylation is 3. The van der Waals surface area contributed by atoms with Crippen molar-refractivity contribution in [3.05, 3.63) is 79.1 Å². The largest absolute Gasteiger partial charge is 0.493 e. The van der Waals surface area contributed by atoms with E-state index in [1.165, 1.54) is 18.9 Å². The Morgan fingerprint density at radius 2 is 1.84 bits per heavy atom. The Morgan fingerprint density at radius 3 is 2.49 bits per heavy atom. The number of benzene rings is 2. The van der Waals surface area contributed by atoms with Crippen molar-refractivity contribution >= 4 is 39.1 Å². The summed E-state index contributed by atoms with van der Waals surface area (Å²) in [6.45, 7) is 9.36. The number of ketones is 1. The average molecular weight is 519 g/mol. The lowest BCUT2D eigenvalue weighted by Crippen LogP contribution is -2.29. The molecule has 0 radical (unpaired) electrons. The van der Waals surface area contributed by atoms with Gasteiger partial charge in [0.1, 0.15) is 5.58 Å². The maximum atomic E-state index is 13.9. The fraction of sp³-hybridized carbons (Fsp3) is 0.286. The van der Waals surface area contributed by atoms with E-state index in [4.69, 9.17) is 13.9 Å². The van der Waals surface area contributed by atoms with Crippen LogP contribution in [0.1, 0.15) is 68.1 Å². The van der Waals surface area contributed by atoms with E-state index in [1.54, 1.807) is 37.3 Å². The molecule has 3 heterocycles. The molecule has 2 aromatic carbocycles. The Hall–Kier alpha value is -3.98. The second-order valence-corrected chi connectivity index (χ2v) is 9.97. The van der Waals surface area contributed by atoms with Crippen LogP contribution in [0.15, 0.2) is 39.5 Å². The zero-order valence-electron chi connectivity index (χ0n) is 21.4. The highest BCUT2D eigenvalue weighted by atomic mass is 32.1. The molecule has 1 atom stereocenters. The first kappa shape index (κ1) is 24.7. The van der Waals surface area contributed by atoms with Crippen LogP contribution in [-0.4, -0.2) is 30.4 Å². The van der Waals surface area contributed by atoms with E-state index >= 15 is 0 Å². The summed E-state index contributed by atoms with van der Waals surface area (Å²) in [6, 6.07) is 8.04. The fourth-order valence-electron chi connectivity index (χ4n) is 4.68. The quantitative estimate of drug-likeness (QED) is 0.309. The Kier molecular flexibility index (Phi) is 6.11. The van der Waals surface area contributed by atoms with Crippen LogP contribution < -0.4 is 19.8 Å². The zero-order valence-corrected chi connectivity index (χ0v) is 22.2. The number of Topliss-reactive ketones (excluding diaryl/α,β-unsaturated/α-hetero) is 1. The maximum absolute atomic E-state index is 13.9. The van der Waals surface area contributed by atoms with E-state index in [0.717, 1.165) is 22.5 Å². The van der Waals surface area contributed by atoms with Gasteiger partial charge in [-0.25, -0.2) is 4.98 Å². The summed E-state index contributed by atoms with van der Waals surface area (Å²) in [7, 11) is 1.53. The topological polar surface area (TPSA) is 98.9 Å². The molecule has 1 aliphatic heterocycles. The van der Waals surface area contributed by atoms with E-state index in [0.29, 0.717) is 50.3 Å². The highest BCUT2D eigenvalue weighted by Gasteiger charge is 2.45. The molecule has 2 aromatic heterocycles. The molecule has 9 heteroatoms. The third-order valence-corrected chi connectivity index (χ3v) is 7.86. The molecule has 5 rings (SSSR count). The molecule has 1 amide bonds. The summed E-state index contributed by atoms with van der Waals surface area (Å²) in [6.07, 6.45) is 0. The number of nitrogens with zero attached hydrogens (tertiary/aromatic N) is 2. The molecule has 37 heavy (non-hydrogen) atoms. The van der Waals surface area contributed by atoms with E-state index in [9.17, 15) is 14.4 Å². The third kappa shape index (κ3) is 3.90. The summed E-state index contributed by atoms with van der Waals surface area (Å²) in [4.78, 5) is 46.4. The second kappa shape index (κ2) is 9.15. The molecule has 0 N–H and O–H groups in total. The minimum absolute atomic E-state index is 0.0316. The number of ether oxygens (including phenoxy) is 2. The van der Waals surface area contributed by atoms with Crippen LogP contribution in [0.25, 0.3) is 11.0 Å². The smallest absolute Gasteiger partial charge is 0.297 e. The number of hydrogen-bond donors (Lipinski definition) is 0. The van der Waals surface area contributed by atoms with Crippen LogP contribution in [0.4, 0.5) is 5.13 Å². The lowest BCUT2D eigenvalue weighted by molar-refractivity contribution is 0.0969. The van der Waals surface area contributed by atoms with Gasteiger partial charge in [-0.2, -0.15) is 0 Å². The van der Waals surface area contributed by atoms with Crippen molar-refractivity contribution in [2.75, 3.05) is 18.6 Å². The Balaban J connectivity index is 1.80. The van der Waals surface area contributed by atoms with Gasteiger partial charge < -0.3 is 13.9 Å². The standard InChI is InChI=1S/C28H26N2O6S/c1-7-35-19-9-8-17(12-21(19)34-6)23-22-24(32)18-10-13(2)14(3)11-20(18)36-25(22)27(33)30(23)28-29-15(4)26(37-28)16(5)31/h8-12,23H,7H2,1-6H3. The molecule has 1 unspecified atom stereocenters. The van der Waals surface area contributed by atoms with E-state index in [2.05, 4.69) is 4.98 Å². The molecule has 0 saturated carbocycles. The van der Waals surface area contributed by atoms with Gasteiger partial charge in [-0.1, -0.05) is 17.4 Å². The number of amides is 1. The lowest BCUT2D eigenvalue weighted by atomic mass is 9.97. The van der Waals surface area contributed by atoms with Crippen molar-refractivity contribution < 1.29 is 23.5 Å². The number of anilines is 1. The number of rotatable bonds is 6. The first-order valence-electron chi connectivity index (χ1n) is 11.9. The van der Waals surface area contributed by atoms with Crippen LogP contribution in [-0.2, 0) is 0 Å². The molecular weight excluding hydrogens is 492 g/mol. The van der Waals surface area contributed by atoms with Gasteiger partial charge >= 0.3 is 0 Å². The minimum Gasteiger partial charge on any atom is -0.493 e. The number of methoxy groups -OCH3 is 1. The van der Waals surface area contributed by atoms with Gasteiger partial charge in [0.15, 0.2) is 27.8 Å². The maximum Gasteiger partial charge on any atom is 0.297 e. The highest BCUT2D eigenvalue weighted by Crippen LogP contribution is 2.45. The van der Waals surface area contributed by atoms with Crippen molar-refractivity contribution in [3.8, 4) is 11.5 Å². The summed E-state index contributed by atoms with van der Waals surface area (Å²) >= 11 is 1.12. The van der Waals surface area contributed by atoms with Crippen molar-refractivity contribution in [1.82, 2.24) is 4.98 Å². The molecule has 8 nitrogen and oxygen atoms in total. The van der Waals surface area contributed by atoms with Crippen LogP contribution in [0.2, 0.25) is 0 Å². The number of carbonyl (C=O) groups excluding carboxylic acids is 2. The molecule has 190 valence electrons. The number of carbonyl (C=O) groups is 2. The molecule has 0 fully saturated rings. The fourth-order valence-corrected chi connectivity index (χ4v) is 5.67. The third-order valence-electron chi connectivity index (χ3n) is 6.60. The summed E-state index contributed by atoms with van der Waals surface area (Å²) in [5.41, 5.74) is 3.34. The Labute approximate surface area is 217 Å². The first-order chi connectivity index (χ1) is 17.7. The second-order valence-electron chi connectivity index (χ2n) is 8.99. The molecule has 0 bridgehead atoms. The van der Waals surface area contributed by atoms with Gasteiger partial charge in [-0.05, 0) is 68.7 Å². The number of hydrogen-bond acceptors (Lipinski definition) is 8. The minimum atomic E-state index is -0.834. The van der Waals surface area contributed by atoms with Gasteiger partial charge in [0, 0.05) is 6.92 Å². The Morgan fingerprint density at radius 1 is 1.11 bits per heavy atom. The van der Waals surface area contributed by atoms with Gasteiger partial charge in [0.05, 0.1) is 41.3 Å². The highest BCUT2D eigenvalue weighted by molar-refractivity contribution is 7.17. The molecule has 0 spiro atoms. The first-order valence-corrected chi connectivity index (χ1v) is 12.7. The van der Waals surface area contributed by atoms with Gasteiger partial charge in [-0.3, -0.25) is 19.3 Å². The van der Waals surface area contributed by atoms with Crippen LogP contribution in [0.3, 0.4) is 0 Å². The van der Waals surface area contributed by atoms with Gasteiger partial charge in [-0.15, -0.1) is 0 Å². The van der Waals surface area contributed by atoms with Crippen LogP contribution in [0, 0.1) is 20.8 Å². The Bertz CT molecular complexity index is 1650. The van der Waals surface area contributed by atoms with Gasteiger partial charge in [0.2, 0.25) is 5.76 Å². The van der Waals surface area contributed by atoms with Crippen molar-refractivity contribution in [2.24, 2.45) is 0 Å². The van der Waals surface area contributed by atoms with E-state index in [-0.39, 0.29) is 22.5 Å². The van der Waals surface area contributed by atoms with Crippen LogP contribution >= 0.6 is 11.3 Å². The number of thiazole rings is 1. The van der Waals surface area contributed by atoms with E-state index < -0.39 is 11.9 Å². The van der Waals surface area contributed by atoms with Crippen molar-refractivity contribution in [2.45, 2.75) is 40.7 Å². The van der Waals surface area contributed by atoms with Gasteiger partial charge in [0.25, 0.3) is 5.91 Å². The molecule has 0 aliphatic carbocycles. The molecule has 1 aliphatic rings. The lowest BCUT2D eigenvalue weighted by Gasteiger charge is -2.23. The van der Waals surface area contributed by atoms with Crippen molar-refractivity contribution in [3.63, 3.8) is 0 Å². The number of aromatic nitrogens is 1. The molecule has 4 aromatic rings. The normalized spacial score (nSPS) is 14.8. The van der Waals surface area contributed by atoms with Crippen molar-refractivity contribution in [1.29, 1.82) is 0 Å². The van der Waals surface area contributed by atoms with Crippen LogP contribution in [0.5, 0.6) is 11.5 Å². The molecular formula is C28H26N2O6S. The average Bonchev–Trinajstić information content (AvgIpc) is 3.38. The monoisotopic (exact) mass is 518 g/mol. The SMILES string of the molecule is CCOc1ccc(C2c3c(oc4cc(C)c(C)cc4c3=O)C(=O)N2c2nc(C)c(C(C)=O)s2)cc1OC. The van der Waals surface area contributed by atoms with E-state index in [1.807, 2.05) is 20.8 Å².